The van der Waals surface area contributed by atoms with Crippen LogP contribution in [-0.2, 0) is 19.6 Å². The number of hydrogen-bond donors (Lipinski definition) is 2. The molecule has 212 valence electrons. The van der Waals surface area contributed by atoms with E-state index in [-0.39, 0.29) is 48.2 Å². The number of nitrogens with one attached hydrogen (secondary N) is 1. The molecular weight excluding hydrogens is 522 g/mol. The lowest BCUT2D eigenvalue weighted by molar-refractivity contribution is -0.160. The first-order chi connectivity index (χ1) is 18.2. The number of furan rings is 1. The molecule has 2 N–H and O–H groups in total. The van der Waals surface area contributed by atoms with Gasteiger partial charge in [-0.3, -0.25) is 9.10 Å². The van der Waals surface area contributed by atoms with E-state index < -0.39 is 21.6 Å². The van der Waals surface area contributed by atoms with Crippen molar-refractivity contribution in [3.05, 3.63) is 41.2 Å². The van der Waals surface area contributed by atoms with Gasteiger partial charge in [0.05, 0.1) is 17.2 Å². The van der Waals surface area contributed by atoms with Crippen LogP contribution in [0.5, 0.6) is 0 Å². The van der Waals surface area contributed by atoms with Gasteiger partial charge >= 0.3 is 5.97 Å². The number of allylic oxidation sites excluding steroid dienone is 4. The maximum absolute atomic E-state index is 13.1. The highest BCUT2D eigenvalue weighted by Gasteiger charge is 2.36. The predicted molar refractivity (Wildman–Crippen MR) is 149 cm³/mol. The average Bonchev–Trinajstić information content (AvgIpc) is 3.65. The van der Waals surface area contributed by atoms with Gasteiger partial charge in [0.1, 0.15) is 11.6 Å². The fraction of sp³-hybridized carbons (Fsp3) is 0.536. The van der Waals surface area contributed by atoms with Crippen LogP contribution in [-0.4, -0.2) is 62.9 Å². The number of carbonyl (C=O) groups is 2. The predicted octanol–water partition coefficient (Wildman–Crippen LogP) is 4.47. The number of methoxy groups -OCH3 is 1. The molecule has 4 rings (SSSR count). The van der Waals surface area contributed by atoms with E-state index in [2.05, 4.69) is 25.2 Å². The molecule has 1 fully saturated rings. The smallest absolute Gasteiger partial charge is 0.335 e. The lowest BCUT2D eigenvalue weighted by atomic mass is 9.83. The lowest BCUT2D eigenvalue weighted by Gasteiger charge is -2.27. The second kappa shape index (κ2) is 10.4. The summed E-state index contributed by atoms with van der Waals surface area (Å²) in [6.07, 6.45) is 10.0. The van der Waals surface area contributed by atoms with Gasteiger partial charge in [-0.2, -0.15) is 4.98 Å². The molecular formula is C28H37N3O7S. The number of ether oxygens (including phenoxy) is 1. The first kappa shape index (κ1) is 28.8. The van der Waals surface area contributed by atoms with Crippen molar-refractivity contribution >= 4 is 44.4 Å². The molecule has 39 heavy (non-hydrogen) atoms. The van der Waals surface area contributed by atoms with Crippen molar-refractivity contribution in [3.8, 4) is 0 Å². The highest BCUT2D eigenvalue weighted by Crippen LogP contribution is 2.47. The summed E-state index contributed by atoms with van der Waals surface area (Å²) in [4.78, 5) is 29.4. The quantitative estimate of drug-likeness (QED) is 0.411. The largest absolute Gasteiger partial charge is 0.479 e. The Morgan fingerprint density at radius 3 is 2.54 bits per heavy atom. The Morgan fingerprint density at radius 1 is 1.33 bits per heavy atom. The molecule has 0 bridgehead atoms. The molecule has 0 aliphatic heterocycles. The summed E-state index contributed by atoms with van der Waals surface area (Å²) in [5, 5.41) is 12.7. The van der Waals surface area contributed by atoms with Gasteiger partial charge in [-0.15, -0.1) is 0 Å². The van der Waals surface area contributed by atoms with E-state index in [1.807, 2.05) is 18.2 Å². The Hall–Kier alpha value is -3.18. The summed E-state index contributed by atoms with van der Waals surface area (Å²) < 4.78 is 38.5. The minimum atomic E-state index is -3.78. The molecule has 2 heterocycles. The number of fused-ring (bicyclic) bond motifs is 1. The second-order valence-corrected chi connectivity index (χ2v) is 13.2. The van der Waals surface area contributed by atoms with Gasteiger partial charge in [0.25, 0.3) is 5.91 Å². The number of amides is 1. The van der Waals surface area contributed by atoms with E-state index in [4.69, 9.17) is 14.1 Å². The zero-order chi connectivity index (χ0) is 28.8. The maximum Gasteiger partial charge on any atom is 0.335 e. The number of pyridine rings is 1. The van der Waals surface area contributed by atoms with Gasteiger partial charge in [0.15, 0.2) is 5.60 Å². The molecule has 11 heteroatoms. The van der Waals surface area contributed by atoms with Crippen molar-refractivity contribution in [1.29, 1.82) is 0 Å². The van der Waals surface area contributed by atoms with E-state index in [1.165, 1.54) is 18.3 Å². The third-order valence-electron chi connectivity index (χ3n) is 7.54. The van der Waals surface area contributed by atoms with Gasteiger partial charge in [-0.05, 0) is 62.0 Å². The van der Waals surface area contributed by atoms with Gasteiger partial charge in [-0.1, -0.05) is 32.1 Å². The number of anilines is 1. The number of aromatic nitrogens is 1. The Kier molecular flexibility index (Phi) is 7.70. The van der Waals surface area contributed by atoms with E-state index >= 15 is 0 Å². The topological polar surface area (TPSA) is 139 Å². The molecule has 2 aliphatic carbocycles. The Balaban J connectivity index is 1.82. The zero-order valence-electron chi connectivity index (χ0n) is 23.3. The summed E-state index contributed by atoms with van der Waals surface area (Å²) >= 11 is 0. The number of hydrogen-bond acceptors (Lipinski definition) is 7. The van der Waals surface area contributed by atoms with Gasteiger partial charge in [-0.25, -0.2) is 13.2 Å². The standard InChI is InChI=1S/C28H37N3O7S/c1-27(2)13-10-18(11-14-27)22-21(24(32)29-4)20-16-19(17-8-9-17)23(30-25(20)38-22)31(39(6,35)36)15-7-12-28(3,37-5)26(33)34/h10-11,13,16-17H,7-9,12,14-15H2,1-6H3,(H,29,32)(H,33,34). The molecule has 2 aliphatic rings. The normalized spacial score (nSPS) is 18.5. The second-order valence-electron chi connectivity index (χ2n) is 11.3. The van der Waals surface area contributed by atoms with Crippen molar-refractivity contribution in [2.75, 3.05) is 31.3 Å². The van der Waals surface area contributed by atoms with Crippen LogP contribution in [0.4, 0.5) is 5.82 Å². The molecule has 1 atom stereocenters. The third kappa shape index (κ3) is 5.89. The molecule has 2 aromatic heterocycles. The van der Waals surface area contributed by atoms with Crippen molar-refractivity contribution in [2.45, 2.75) is 64.4 Å². The number of sulfonamides is 1. The van der Waals surface area contributed by atoms with E-state index in [0.29, 0.717) is 16.7 Å². The monoisotopic (exact) mass is 559 g/mol. The molecule has 10 nitrogen and oxygen atoms in total. The fourth-order valence-corrected chi connectivity index (χ4v) is 5.68. The number of carbonyl (C=O) groups excluding carboxylic acids is 1. The zero-order valence-corrected chi connectivity index (χ0v) is 24.1. The SMILES string of the molecule is CNC(=O)c1c(C2=CCC(C)(C)C=C2)oc2nc(N(CCCC(C)(OC)C(=O)O)S(C)(=O)=O)c(C3CC3)cc12. The molecule has 1 amide bonds. The van der Waals surface area contributed by atoms with E-state index in [9.17, 15) is 23.1 Å². The van der Waals surface area contributed by atoms with Crippen LogP contribution in [0.1, 0.15) is 80.5 Å². The fourth-order valence-electron chi connectivity index (χ4n) is 4.76. The van der Waals surface area contributed by atoms with Crippen LogP contribution in [0.15, 0.2) is 28.7 Å². The summed E-state index contributed by atoms with van der Waals surface area (Å²) in [5.74, 6) is -0.680. The minimum Gasteiger partial charge on any atom is -0.479 e. The van der Waals surface area contributed by atoms with Gasteiger partial charge in [0.2, 0.25) is 15.7 Å². The highest BCUT2D eigenvalue weighted by atomic mass is 32.2. The van der Waals surface area contributed by atoms with Crippen LogP contribution >= 0.6 is 0 Å². The van der Waals surface area contributed by atoms with Gasteiger partial charge < -0.3 is 19.6 Å². The minimum absolute atomic E-state index is 0.0111. The molecule has 0 spiro atoms. The summed E-state index contributed by atoms with van der Waals surface area (Å²) in [6.45, 7) is 5.72. The van der Waals surface area contributed by atoms with Gasteiger partial charge in [0, 0.05) is 26.3 Å². The maximum atomic E-state index is 13.1. The lowest BCUT2D eigenvalue weighted by Crippen LogP contribution is -2.39. The number of carboxylic acids is 1. The highest BCUT2D eigenvalue weighted by molar-refractivity contribution is 7.92. The van der Waals surface area contributed by atoms with E-state index in [1.54, 1.807) is 7.05 Å². The number of nitrogens with zero attached hydrogens (tertiary/aromatic N) is 2. The summed E-state index contributed by atoms with van der Waals surface area (Å²) in [6, 6.07) is 1.83. The Labute approximate surface area is 229 Å². The Morgan fingerprint density at radius 2 is 2.03 bits per heavy atom. The molecule has 0 aromatic carbocycles. The van der Waals surface area contributed by atoms with Crippen molar-refractivity contribution in [3.63, 3.8) is 0 Å². The number of rotatable bonds is 11. The summed E-state index contributed by atoms with van der Waals surface area (Å²) in [5.41, 5.74) is 0.590. The van der Waals surface area contributed by atoms with Crippen molar-refractivity contribution in [2.24, 2.45) is 5.41 Å². The van der Waals surface area contributed by atoms with Crippen LogP contribution in [0.2, 0.25) is 0 Å². The molecule has 1 unspecified atom stereocenters. The molecule has 2 aromatic rings. The number of aliphatic carboxylic acids is 1. The average molecular weight is 560 g/mol. The molecule has 1 saturated carbocycles. The van der Waals surface area contributed by atoms with Crippen molar-refractivity contribution < 1.29 is 32.3 Å². The van der Waals surface area contributed by atoms with E-state index in [0.717, 1.165) is 36.7 Å². The van der Waals surface area contributed by atoms with Crippen LogP contribution in [0.25, 0.3) is 16.7 Å². The van der Waals surface area contributed by atoms with Crippen molar-refractivity contribution in [1.82, 2.24) is 10.3 Å². The molecule has 0 radical (unpaired) electrons. The third-order valence-corrected chi connectivity index (χ3v) is 8.70. The number of carboxylic acid groups (broad SMARTS) is 1. The first-order valence-electron chi connectivity index (χ1n) is 13.1. The van der Waals surface area contributed by atoms with Crippen LogP contribution in [0, 0.1) is 5.41 Å². The Bertz CT molecular complexity index is 1470. The van der Waals surface area contributed by atoms with Crippen LogP contribution < -0.4 is 9.62 Å². The summed E-state index contributed by atoms with van der Waals surface area (Å²) in [7, 11) is -0.905. The molecule has 0 saturated heterocycles. The first-order valence-corrected chi connectivity index (χ1v) is 14.9. The van der Waals surface area contributed by atoms with Crippen LogP contribution in [0.3, 0.4) is 0 Å².